The maximum atomic E-state index is 13.0. The summed E-state index contributed by atoms with van der Waals surface area (Å²) in [5.74, 6) is 0.850. The molecule has 3 heterocycles. The molecule has 2 aliphatic heterocycles. The molecule has 7 heteroatoms. The van der Waals surface area contributed by atoms with E-state index in [-0.39, 0.29) is 11.9 Å². The van der Waals surface area contributed by atoms with Crippen molar-refractivity contribution in [1.82, 2.24) is 20.1 Å². The van der Waals surface area contributed by atoms with Gasteiger partial charge in [0.2, 0.25) is 0 Å². The lowest BCUT2D eigenvalue weighted by Gasteiger charge is -2.35. The van der Waals surface area contributed by atoms with Crippen LogP contribution in [0, 0.1) is 11.3 Å². The third kappa shape index (κ3) is 4.78. The van der Waals surface area contributed by atoms with Gasteiger partial charge in [-0.25, -0.2) is 4.98 Å². The van der Waals surface area contributed by atoms with Gasteiger partial charge in [0.15, 0.2) is 0 Å². The highest BCUT2D eigenvalue weighted by Crippen LogP contribution is 2.21. The molecule has 2 aliphatic rings. The van der Waals surface area contributed by atoms with Crippen LogP contribution in [0.4, 0.5) is 5.82 Å². The van der Waals surface area contributed by atoms with E-state index in [9.17, 15) is 4.79 Å². The molecule has 7 nitrogen and oxygen atoms in total. The van der Waals surface area contributed by atoms with Gasteiger partial charge in [-0.1, -0.05) is 36.4 Å². The zero-order valence-corrected chi connectivity index (χ0v) is 17.2. The number of rotatable bonds is 5. The molecule has 1 aromatic heterocycles. The molecule has 1 amide bonds. The van der Waals surface area contributed by atoms with Gasteiger partial charge in [-0.15, -0.1) is 0 Å². The Kier molecular flexibility index (Phi) is 6.57. The van der Waals surface area contributed by atoms with Crippen LogP contribution in [0.5, 0.6) is 0 Å². The Morgan fingerprint density at radius 1 is 1.07 bits per heavy atom. The van der Waals surface area contributed by atoms with Crippen LogP contribution >= 0.6 is 0 Å². The minimum absolute atomic E-state index is 0.00785. The predicted molar refractivity (Wildman–Crippen MR) is 116 cm³/mol. The van der Waals surface area contributed by atoms with Crippen molar-refractivity contribution in [2.45, 2.75) is 12.5 Å². The zero-order chi connectivity index (χ0) is 20.8. The summed E-state index contributed by atoms with van der Waals surface area (Å²) in [7, 11) is 0. The molecule has 156 valence electrons. The highest BCUT2D eigenvalue weighted by Gasteiger charge is 2.25. The van der Waals surface area contributed by atoms with Crippen LogP contribution in [0.3, 0.4) is 0 Å². The van der Waals surface area contributed by atoms with E-state index in [1.54, 1.807) is 0 Å². The van der Waals surface area contributed by atoms with Crippen molar-refractivity contribution in [3.05, 3.63) is 59.8 Å². The second kappa shape index (κ2) is 9.70. The van der Waals surface area contributed by atoms with Crippen LogP contribution < -0.4 is 10.2 Å². The first-order valence-electron chi connectivity index (χ1n) is 10.6. The largest absolute Gasteiger partial charge is 0.353 e. The predicted octanol–water partition coefficient (Wildman–Crippen LogP) is 1.90. The van der Waals surface area contributed by atoms with Crippen molar-refractivity contribution in [1.29, 1.82) is 5.26 Å². The maximum absolute atomic E-state index is 13.0. The number of carbonyl (C=O) groups is 1. The molecule has 0 radical (unpaired) electrons. The number of hydrogen-bond donors (Lipinski definition) is 1. The molecule has 1 atom stereocenters. The highest BCUT2D eigenvalue weighted by atomic mass is 16.2. The number of amides is 1. The summed E-state index contributed by atoms with van der Waals surface area (Å²) in [4.78, 5) is 24.1. The molecule has 1 N–H and O–H groups in total. The van der Waals surface area contributed by atoms with Gasteiger partial charge in [-0.2, -0.15) is 5.26 Å². The summed E-state index contributed by atoms with van der Waals surface area (Å²) in [5.41, 5.74) is 1.77. The van der Waals surface area contributed by atoms with Gasteiger partial charge in [0.05, 0.1) is 6.07 Å². The smallest absolute Gasteiger partial charge is 0.272 e. The van der Waals surface area contributed by atoms with E-state index in [1.165, 1.54) is 5.56 Å². The second-order valence-corrected chi connectivity index (χ2v) is 7.79. The highest BCUT2D eigenvalue weighted by molar-refractivity contribution is 5.92. The maximum Gasteiger partial charge on any atom is 0.272 e. The Labute approximate surface area is 177 Å². The van der Waals surface area contributed by atoms with E-state index in [4.69, 9.17) is 10.2 Å². The molecule has 0 unspecified atom stereocenters. The first kappa shape index (κ1) is 20.3. The second-order valence-electron chi connectivity index (χ2n) is 7.79. The summed E-state index contributed by atoms with van der Waals surface area (Å²) in [6.07, 6.45) is 0.534. The summed E-state index contributed by atoms with van der Waals surface area (Å²) >= 11 is 0. The van der Waals surface area contributed by atoms with E-state index >= 15 is 0 Å². The van der Waals surface area contributed by atoms with Gasteiger partial charge < -0.3 is 15.1 Å². The van der Waals surface area contributed by atoms with Crippen molar-refractivity contribution in [3.63, 3.8) is 0 Å². The molecule has 4 rings (SSSR count). The molecule has 0 saturated carbocycles. The van der Waals surface area contributed by atoms with Gasteiger partial charge in [0, 0.05) is 64.8 Å². The zero-order valence-electron chi connectivity index (χ0n) is 17.2. The Morgan fingerprint density at radius 3 is 2.63 bits per heavy atom. The average molecular weight is 405 g/mol. The third-order valence-corrected chi connectivity index (χ3v) is 5.85. The number of pyridine rings is 1. The molecule has 2 aromatic rings. The van der Waals surface area contributed by atoms with Crippen LogP contribution in [0.1, 0.15) is 28.5 Å². The van der Waals surface area contributed by atoms with Gasteiger partial charge in [0.1, 0.15) is 11.5 Å². The molecule has 0 spiro atoms. The van der Waals surface area contributed by atoms with E-state index in [1.807, 2.05) is 29.2 Å². The number of nitrogens with zero attached hydrogens (tertiary/aromatic N) is 5. The Hall–Kier alpha value is -2.95. The summed E-state index contributed by atoms with van der Waals surface area (Å²) < 4.78 is 0. The van der Waals surface area contributed by atoms with Crippen LogP contribution in [0.2, 0.25) is 0 Å². The lowest BCUT2D eigenvalue weighted by molar-refractivity contribution is 0.0634. The third-order valence-electron chi connectivity index (χ3n) is 5.85. The van der Waals surface area contributed by atoms with Crippen LogP contribution in [0.15, 0.2) is 48.5 Å². The van der Waals surface area contributed by atoms with E-state index in [0.29, 0.717) is 25.2 Å². The van der Waals surface area contributed by atoms with Gasteiger partial charge in [0.25, 0.3) is 5.91 Å². The monoisotopic (exact) mass is 404 g/mol. The minimum atomic E-state index is -0.00785. The number of aromatic nitrogens is 1. The first-order valence-corrected chi connectivity index (χ1v) is 10.6. The normalized spacial score (nSPS) is 20.0. The number of nitriles is 1. The SMILES string of the molecule is N#CCCN1CCN(C(=O)c2cccc(N3CCN[C@H](c4ccccc4)C3)n2)CC1. The lowest BCUT2D eigenvalue weighted by atomic mass is 10.0. The van der Waals surface area contributed by atoms with Crippen molar-refractivity contribution < 1.29 is 4.79 Å². The number of benzene rings is 1. The van der Waals surface area contributed by atoms with E-state index < -0.39 is 0 Å². The van der Waals surface area contributed by atoms with E-state index in [0.717, 1.165) is 45.1 Å². The molecular weight excluding hydrogens is 376 g/mol. The fourth-order valence-corrected chi connectivity index (χ4v) is 4.13. The van der Waals surface area contributed by atoms with Crippen molar-refractivity contribution in [2.24, 2.45) is 0 Å². The topological polar surface area (TPSA) is 75.5 Å². The van der Waals surface area contributed by atoms with Crippen molar-refractivity contribution in [3.8, 4) is 6.07 Å². The number of nitrogens with one attached hydrogen (secondary N) is 1. The molecule has 2 fully saturated rings. The summed E-state index contributed by atoms with van der Waals surface area (Å²) in [6, 6.07) is 18.6. The lowest BCUT2D eigenvalue weighted by Crippen LogP contribution is -2.49. The minimum Gasteiger partial charge on any atom is -0.353 e. The van der Waals surface area contributed by atoms with Crippen LogP contribution in [0.25, 0.3) is 0 Å². The quantitative estimate of drug-likeness (QED) is 0.821. The van der Waals surface area contributed by atoms with Gasteiger partial charge in [-0.05, 0) is 17.7 Å². The fraction of sp³-hybridized carbons (Fsp3) is 0.435. The molecule has 0 bridgehead atoms. The van der Waals surface area contributed by atoms with Crippen molar-refractivity contribution >= 4 is 11.7 Å². The average Bonchev–Trinajstić information content (AvgIpc) is 2.83. The van der Waals surface area contributed by atoms with Gasteiger partial charge >= 0.3 is 0 Å². The van der Waals surface area contributed by atoms with Crippen LogP contribution in [-0.4, -0.2) is 73.0 Å². The van der Waals surface area contributed by atoms with E-state index in [2.05, 4.69) is 45.5 Å². The van der Waals surface area contributed by atoms with Crippen LogP contribution in [-0.2, 0) is 0 Å². The summed E-state index contributed by atoms with van der Waals surface area (Å²) in [5, 5.41) is 12.3. The number of carbonyl (C=O) groups excluding carboxylic acids is 1. The Morgan fingerprint density at radius 2 is 1.87 bits per heavy atom. The number of hydrogen-bond acceptors (Lipinski definition) is 6. The van der Waals surface area contributed by atoms with Crippen molar-refractivity contribution in [2.75, 3.05) is 57.3 Å². The molecule has 1 aromatic carbocycles. The van der Waals surface area contributed by atoms with Gasteiger partial charge in [-0.3, -0.25) is 9.69 Å². The molecule has 30 heavy (non-hydrogen) atoms. The number of piperazine rings is 2. The molecule has 0 aliphatic carbocycles. The standard InChI is InChI=1S/C23H28N6O/c24-10-5-12-27-14-16-28(17-15-27)23(30)20-8-4-9-22(26-20)29-13-11-25-21(18-29)19-6-2-1-3-7-19/h1-4,6-9,21,25H,5,11-18H2/t21-/m0/s1. The fourth-order valence-electron chi connectivity index (χ4n) is 4.13. The summed E-state index contributed by atoms with van der Waals surface area (Å²) in [6.45, 7) is 6.33. The number of anilines is 1. The Bertz CT molecular complexity index is 888. The first-order chi connectivity index (χ1) is 14.7. The molecular formula is C23H28N6O. The molecule has 2 saturated heterocycles. The Balaban J connectivity index is 1.40.